The molecule has 21 heavy (non-hydrogen) atoms. The van der Waals surface area contributed by atoms with Crippen molar-refractivity contribution >= 4 is 11.3 Å². The van der Waals surface area contributed by atoms with Gasteiger partial charge >= 0.3 is 0 Å². The topological polar surface area (TPSA) is 64.2 Å². The van der Waals surface area contributed by atoms with Gasteiger partial charge in [0.25, 0.3) is 5.56 Å². The monoisotopic (exact) mass is 283 g/mol. The van der Waals surface area contributed by atoms with E-state index in [1.807, 2.05) is 32.0 Å². The van der Waals surface area contributed by atoms with Gasteiger partial charge in [0.1, 0.15) is 11.3 Å². The van der Waals surface area contributed by atoms with E-state index in [-0.39, 0.29) is 5.56 Å². The Morgan fingerprint density at radius 1 is 1.29 bits per heavy atom. The number of hydrogen-bond acceptors (Lipinski definition) is 4. The molecular formula is C15H17N5O. The molecule has 3 heterocycles. The lowest BCUT2D eigenvalue weighted by molar-refractivity contribution is 0.726. The molecule has 108 valence electrons. The quantitative estimate of drug-likeness (QED) is 0.791. The third kappa shape index (κ3) is 2.65. The highest BCUT2D eigenvalue weighted by atomic mass is 16.1. The van der Waals surface area contributed by atoms with Crippen molar-refractivity contribution in [1.29, 1.82) is 0 Å². The number of aromatic nitrogens is 4. The standard InChI is InChI=1S/C15H17N5O/c1-3-16-14-6-4-5-12(17-14)10-19-7-8-20-13(15(19)21)9-11(2)18-20/h4-9H,3,10H2,1-2H3,(H,16,17). The van der Waals surface area contributed by atoms with E-state index in [1.54, 1.807) is 27.5 Å². The summed E-state index contributed by atoms with van der Waals surface area (Å²) in [5.74, 6) is 0.823. The van der Waals surface area contributed by atoms with Crippen molar-refractivity contribution in [2.75, 3.05) is 11.9 Å². The van der Waals surface area contributed by atoms with Crippen molar-refractivity contribution in [3.8, 4) is 0 Å². The highest BCUT2D eigenvalue weighted by Crippen LogP contribution is 2.06. The predicted molar refractivity (Wildman–Crippen MR) is 81.7 cm³/mol. The second kappa shape index (κ2) is 5.40. The molecule has 0 aromatic carbocycles. The molecular weight excluding hydrogens is 266 g/mol. The minimum atomic E-state index is -0.0613. The number of rotatable bonds is 4. The van der Waals surface area contributed by atoms with Crippen LogP contribution < -0.4 is 10.9 Å². The molecule has 0 saturated carbocycles. The Hall–Kier alpha value is -2.63. The van der Waals surface area contributed by atoms with Crippen LogP contribution in [0, 0.1) is 6.92 Å². The highest BCUT2D eigenvalue weighted by molar-refractivity contribution is 5.45. The molecule has 0 spiro atoms. The van der Waals surface area contributed by atoms with Crippen LogP contribution in [-0.2, 0) is 6.54 Å². The first-order valence-corrected chi connectivity index (χ1v) is 6.92. The maximum atomic E-state index is 12.4. The summed E-state index contributed by atoms with van der Waals surface area (Å²) in [5.41, 5.74) is 2.19. The number of anilines is 1. The van der Waals surface area contributed by atoms with E-state index in [9.17, 15) is 4.79 Å². The lowest BCUT2D eigenvalue weighted by Gasteiger charge is -2.08. The van der Waals surface area contributed by atoms with E-state index in [1.165, 1.54) is 0 Å². The summed E-state index contributed by atoms with van der Waals surface area (Å²) in [7, 11) is 0. The Bertz CT molecular complexity index is 833. The summed E-state index contributed by atoms with van der Waals surface area (Å²) in [6.07, 6.45) is 3.53. The van der Waals surface area contributed by atoms with E-state index in [0.717, 1.165) is 23.8 Å². The fourth-order valence-electron chi connectivity index (χ4n) is 2.29. The molecule has 3 aromatic heterocycles. The molecule has 3 rings (SSSR count). The van der Waals surface area contributed by atoms with Crippen molar-refractivity contribution in [2.24, 2.45) is 0 Å². The molecule has 0 fully saturated rings. The second-order valence-electron chi connectivity index (χ2n) is 4.89. The van der Waals surface area contributed by atoms with Gasteiger partial charge < -0.3 is 9.88 Å². The number of hydrogen-bond donors (Lipinski definition) is 1. The van der Waals surface area contributed by atoms with Crippen LogP contribution in [-0.4, -0.2) is 25.7 Å². The smallest absolute Gasteiger partial charge is 0.276 e. The van der Waals surface area contributed by atoms with Gasteiger partial charge in [0.05, 0.1) is 17.9 Å². The Morgan fingerprint density at radius 2 is 2.14 bits per heavy atom. The van der Waals surface area contributed by atoms with Crippen LogP contribution in [0.15, 0.2) is 41.5 Å². The number of pyridine rings is 1. The molecule has 3 aromatic rings. The summed E-state index contributed by atoms with van der Waals surface area (Å²) in [4.78, 5) is 16.9. The van der Waals surface area contributed by atoms with E-state index in [4.69, 9.17) is 0 Å². The number of aryl methyl sites for hydroxylation is 1. The van der Waals surface area contributed by atoms with E-state index in [2.05, 4.69) is 15.4 Å². The Kier molecular flexibility index (Phi) is 3.43. The van der Waals surface area contributed by atoms with Crippen molar-refractivity contribution in [2.45, 2.75) is 20.4 Å². The molecule has 0 unspecified atom stereocenters. The van der Waals surface area contributed by atoms with Crippen LogP contribution in [0.25, 0.3) is 5.52 Å². The molecule has 0 bridgehead atoms. The van der Waals surface area contributed by atoms with E-state index >= 15 is 0 Å². The molecule has 0 aliphatic carbocycles. The van der Waals surface area contributed by atoms with E-state index in [0.29, 0.717) is 12.1 Å². The average molecular weight is 283 g/mol. The fraction of sp³-hybridized carbons (Fsp3) is 0.267. The Morgan fingerprint density at radius 3 is 2.95 bits per heavy atom. The normalized spacial score (nSPS) is 11.0. The molecule has 0 saturated heterocycles. The zero-order chi connectivity index (χ0) is 14.8. The van der Waals surface area contributed by atoms with Crippen molar-refractivity contribution in [3.63, 3.8) is 0 Å². The third-order valence-corrected chi connectivity index (χ3v) is 3.22. The molecule has 0 aliphatic heterocycles. The zero-order valence-corrected chi connectivity index (χ0v) is 12.1. The molecule has 0 amide bonds. The van der Waals surface area contributed by atoms with Gasteiger partial charge in [-0.15, -0.1) is 0 Å². The first-order chi connectivity index (χ1) is 10.2. The maximum Gasteiger partial charge on any atom is 0.276 e. The molecule has 6 nitrogen and oxygen atoms in total. The van der Waals surface area contributed by atoms with Gasteiger partial charge in [-0.1, -0.05) is 6.07 Å². The fourth-order valence-corrected chi connectivity index (χ4v) is 2.29. The van der Waals surface area contributed by atoms with E-state index < -0.39 is 0 Å². The molecule has 0 radical (unpaired) electrons. The van der Waals surface area contributed by atoms with Gasteiger partial charge in [-0.2, -0.15) is 5.10 Å². The lowest BCUT2D eigenvalue weighted by Crippen LogP contribution is -2.22. The number of fused-ring (bicyclic) bond motifs is 1. The summed E-state index contributed by atoms with van der Waals surface area (Å²) in [5, 5.41) is 7.41. The first-order valence-electron chi connectivity index (χ1n) is 6.92. The van der Waals surface area contributed by atoms with Crippen LogP contribution in [0.2, 0.25) is 0 Å². The van der Waals surface area contributed by atoms with Crippen LogP contribution in [0.5, 0.6) is 0 Å². The number of nitrogens with zero attached hydrogens (tertiary/aromatic N) is 4. The lowest BCUT2D eigenvalue weighted by atomic mass is 10.3. The largest absolute Gasteiger partial charge is 0.370 e. The molecule has 0 aliphatic rings. The average Bonchev–Trinajstić information content (AvgIpc) is 2.84. The maximum absolute atomic E-state index is 12.4. The van der Waals surface area contributed by atoms with Crippen molar-refractivity contribution in [3.05, 3.63) is 58.4 Å². The SMILES string of the molecule is CCNc1cccc(Cn2ccn3nc(C)cc3c2=O)n1. The van der Waals surface area contributed by atoms with Crippen LogP contribution in [0.1, 0.15) is 18.3 Å². The van der Waals surface area contributed by atoms with Crippen molar-refractivity contribution < 1.29 is 0 Å². The third-order valence-electron chi connectivity index (χ3n) is 3.22. The molecule has 0 atom stereocenters. The Labute approximate surface area is 122 Å². The van der Waals surface area contributed by atoms with Gasteiger partial charge in [-0.3, -0.25) is 4.79 Å². The summed E-state index contributed by atoms with van der Waals surface area (Å²) < 4.78 is 3.26. The van der Waals surface area contributed by atoms with Gasteiger partial charge in [-0.25, -0.2) is 9.50 Å². The van der Waals surface area contributed by atoms with Crippen LogP contribution in [0.4, 0.5) is 5.82 Å². The van der Waals surface area contributed by atoms with Gasteiger partial charge in [0.15, 0.2) is 0 Å². The minimum absolute atomic E-state index is 0.0613. The van der Waals surface area contributed by atoms with Gasteiger partial charge in [-0.05, 0) is 32.0 Å². The summed E-state index contributed by atoms with van der Waals surface area (Å²) >= 11 is 0. The second-order valence-corrected chi connectivity index (χ2v) is 4.89. The molecule has 1 N–H and O–H groups in total. The zero-order valence-electron chi connectivity index (χ0n) is 12.1. The summed E-state index contributed by atoms with van der Waals surface area (Å²) in [6.45, 7) is 5.16. The van der Waals surface area contributed by atoms with Gasteiger partial charge in [0.2, 0.25) is 0 Å². The van der Waals surface area contributed by atoms with Crippen molar-refractivity contribution in [1.82, 2.24) is 19.2 Å². The first kappa shape index (κ1) is 13.4. The predicted octanol–water partition coefficient (Wildman–Crippen LogP) is 1.68. The van der Waals surface area contributed by atoms with Gasteiger partial charge in [0, 0.05) is 18.9 Å². The molecule has 6 heteroatoms. The van der Waals surface area contributed by atoms with Crippen LogP contribution >= 0.6 is 0 Å². The van der Waals surface area contributed by atoms with Crippen LogP contribution in [0.3, 0.4) is 0 Å². The summed E-state index contributed by atoms with van der Waals surface area (Å²) in [6, 6.07) is 7.56. The Balaban J connectivity index is 1.96. The minimum Gasteiger partial charge on any atom is -0.370 e. The number of nitrogens with one attached hydrogen (secondary N) is 1. The highest BCUT2D eigenvalue weighted by Gasteiger charge is 2.06.